The fraction of sp³-hybridized carbons (Fsp3) is 0.167. The van der Waals surface area contributed by atoms with Crippen molar-refractivity contribution in [3.05, 3.63) is 100 Å². The summed E-state index contributed by atoms with van der Waals surface area (Å²) in [7, 11) is 1.27. The SMILES string of the molecule is COC(=O)Nc1ccc(-c2nc([C@H](CC(=O)NCc3cnc(C)cn3)NC(=O)/C=C/c3cc(Cl)ccc3-n3cnnn3)[nH]c2Cl)cc1. The number of carbonyl (C=O) groups is 3. The summed E-state index contributed by atoms with van der Waals surface area (Å²) in [5.41, 5.74) is 3.98. The molecule has 0 spiro atoms. The van der Waals surface area contributed by atoms with Gasteiger partial charge in [0, 0.05) is 34.1 Å². The molecule has 0 radical (unpaired) electrons. The Balaban J connectivity index is 1.37. The molecule has 0 fully saturated rings. The summed E-state index contributed by atoms with van der Waals surface area (Å²) in [6.07, 6.45) is 6.65. The molecule has 5 aromatic rings. The summed E-state index contributed by atoms with van der Waals surface area (Å²) in [5, 5.41) is 20.0. The maximum atomic E-state index is 13.2. The van der Waals surface area contributed by atoms with Gasteiger partial charge in [-0.15, -0.1) is 5.10 Å². The largest absolute Gasteiger partial charge is 0.453 e. The number of carbonyl (C=O) groups excluding carboxylic acids is 3. The zero-order chi connectivity index (χ0) is 33.3. The van der Waals surface area contributed by atoms with E-state index >= 15 is 0 Å². The zero-order valence-electron chi connectivity index (χ0n) is 24.9. The first-order chi connectivity index (χ1) is 22.7. The van der Waals surface area contributed by atoms with Crippen molar-refractivity contribution in [2.45, 2.75) is 25.9 Å². The number of benzene rings is 2. The van der Waals surface area contributed by atoms with E-state index in [2.05, 4.69) is 56.1 Å². The van der Waals surface area contributed by atoms with Crippen LogP contribution < -0.4 is 16.0 Å². The first-order valence-electron chi connectivity index (χ1n) is 13.9. The minimum absolute atomic E-state index is 0.136. The van der Waals surface area contributed by atoms with Gasteiger partial charge in [0.2, 0.25) is 11.8 Å². The van der Waals surface area contributed by atoms with E-state index in [1.807, 2.05) is 6.92 Å². The molecule has 0 aliphatic carbocycles. The maximum absolute atomic E-state index is 13.2. The molecule has 4 N–H and O–H groups in total. The van der Waals surface area contributed by atoms with Crippen LogP contribution in [-0.2, 0) is 20.9 Å². The Morgan fingerprint density at radius 1 is 1.09 bits per heavy atom. The molecule has 0 saturated heterocycles. The molecule has 3 amide bonds. The second-order valence-corrected chi connectivity index (χ2v) is 10.8. The third-order valence-corrected chi connectivity index (χ3v) is 7.11. The van der Waals surface area contributed by atoms with Gasteiger partial charge in [-0.05, 0) is 53.8 Å². The van der Waals surface area contributed by atoms with Crippen molar-refractivity contribution in [2.24, 2.45) is 0 Å². The van der Waals surface area contributed by atoms with Crippen molar-refractivity contribution in [3.8, 4) is 16.9 Å². The number of tetrazole rings is 1. The molecular weight excluding hydrogens is 649 g/mol. The van der Waals surface area contributed by atoms with Gasteiger partial charge in [0.1, 0.15) is 23.0 Å². The van der Waals surface area contributed by atoms with Crippen molar-refractivity contribution in [3.63, 3.8) is 0 Å². The number of hydrogen-bond acceptors (Lipinski definition) is 10. The van der Waals surface area contributed by atoms with Crippen LogP contribution >= 0.6 is 23.2 Å². The van der Waals surface area contributed by atoms with E-state index in [9.17, 15) is 14.4 Å². The van der Waals surface area contributed by atoms with Gasteiger partial charge in [0.25, 0.3) is 0 Å². The van der Waals surface area contributed by atoms with Gasteiger partial charge in [0.05, 0.1) is 49.4 Å². The van der Waals surface area contributed by atoms with Crippen molar-refractivity contribution in [1.82, 2.24) is 50.8 Å². The molecule has 5 rings (SSSR count). The van der Waals surface area contributed by atoms with Crippen LogP contribution in [0, 0.1) is 6.92 Å². The highest BCUT2D eigenvalue weighted by Gasteiger charge is 2.23. The van der Waals surface area contributed by atoms with Crippen LogP contribution in [0.5, 0.6) is 0 Å². The Labute approximate surface area is 277 Å². The lowest BCUT2D eigenvalue weighted by molar-refractivity contribution is -0.122. The molecule has 1 atom stereocenters. The number of aromatic nitrogens is 8. The fourth-order valence-corrected chi connectivity index (χ4v) is 4.73. The minimum atomic E-state index is -0.916. The van der Waals surface area contributed by atoms with Crippen LogP contribution in [0.2, 0.25) is 10.2 Å². The molecule has 15 nitrogen and oxygen atoms in total. The number of aromatic amines is 1. The standard InChI is InChI=1S/C30H27Cl2N11O4/c1-17-13-34-22(14-33-17)15-35-26(45)12-23(29-39-27(28(32)40-29)18-3-7-21(8-4-18)37-30(46)47-2)38-25(44)10-5-19-11-20(31)6-9-24(19)43-16-36-41-42-43/h3-11,13-14,16,23H,12,15H2,1-2H3,(H,35,45)(H,37,46)(H,38,44)(H,39,40)/b10-5+/t23-/m0/s1. The van der Waals surface area contributed by atoms with Gasteiger partial charge < -0.3 is 20.4 Å². The molecule has 2 aromatic carbocycles. The summed E-state index contributed by atoms with van der Waals surface area (Å²) in [4.78, 5) is 53.9. The smallest absolute Gasteiger partial charge is 0.411 e. The molecular formula is C30H27Cl2N11O4. The molecule has 0 aliphatic heterocycles. The lowest BCUT2D eigenvalue weighted by Crippen LogP contribution is -2.33. The quantitative estimate of drug-likeness (QED) is 0.147. The van der Waals surface area contributed by atoms with E-state index in [1.54, 1.807) is 60.9 Å². The Kier molecular flexibility index (Phi) is 10.5. The van der Waals surface area contributed by atoms with Crippen molar-refractivity contribution in [2.75, 3.05) is 12.4 Å². The molecule has 0 saturated carbocycles. The molecule has 240 valence electrons. The van der Waals surface area contributed by atoms with Crippen LogP contribution in [0.15, 0.2) is 67.3 Å². The van der Waals surface area contributed by atoms with E-state index in [-0.39, 0.29) is 29.9 Å². The Hall–Kier alpha value is -5.67. The number of imidazole rings is 1. The average molecular weight is 677 g/mol. The average Bonchev–Trinajstić information content (AvgIpc) is 3.74. The molecule has 3 aromatic heterocycles. The van der Waals surface area contributed by atoms with E-state index in [0.29, 0.717) is 38.9 Å². The van der Waals surface area contributed by atoms with Crippen LogP contribution in [0.3, 0.4) is 0 Å². The fourth-order valence-electron chi connectivity index (χ4n) is 4.30. The van der Waals surface area contributed by atoms with Gasteiger partial charge in [0.15, 0.2) is 0 Å². The van der Waals surface area contributed by atoms with E-state index < -0.39 is 18.0 Å². The number of halogens is 2. The first-order valence-corrected chi connectivity index (χ1v) is 14.7. The Morgan fingerprint density at radius 2 is 1.89 bits per heavy atom. The number of aryl methyl sites for hydroxylation is 1. The van der Waals surface area contributed by atoms with E-state index in [1.165, 1.54) is 24.2 Å². The number of rotatable bonds is 11. The summed E-state index contributed by atoms with van der Waals surface area (Å²) in [6, 6.07) is 10.9. The second kappa shape index (κ2) is 15.1. The summed E-state index contributed by atoms with van der Waals surface area (Å²) < 4.78 is 6.05. The van der Waals surface area contributed by atoms with Crippen LogP contribution in [0.25, 0.3) is 23.0 Å². The monoisotopic (exact) mass is 675 g/mol. The van der Waals surface area contributed by atoms with Crippen molar-refractivity contribution < 1.29 is 19.1 Å². The predicted octanol–water partition coefficient (Wildman–Crippen LogP) is 4.21. The molecule has 47 heavy (non-hydrogen) atoms. The third kappa shape index (κ3) is 8.74. The van der Waals surface area contributed by atoms with Gasteiger partial charge in [-0.3, -0.25) is 24.9 Å². The number of nitrogens with one attached hydrogen (secondary N) is 4. The van der Waals surface area contributed by atoms with E-state index in [0.717, 1.165) is 5.69 Å². The number of H-pyrrole nitrogens is 1. The van der Waals surface area contributed by atoms with Gasteiger partial charge in [-0.2, -0.15) is 4.68 Å². The third-order valence-electron chi connectivity index (χ3n) is 6.60. The molecule has 0 bridgehead atoms. The number of nitrogens with zero attached hydrogens (tertiary/aromatic N) is 7. The zero-order valence-corrected chi connectivity index (χ0v) is 26.5. The summed E-state index contributed by atoms with van der Waals surface area (Å²) in [5.74, 6) is -0.669. The molecule has 0 aliphatic rings. The summed E-state index contributed by atoms with van der Waals surface area (Å²) >= 11 is 12.7. The van der Waals surface area contributed by atoms with Gasteiger partial charge in [-0.1, -0.05) is 35.3 Å². The number of hydrogen-bond donors (Lipinski definition) is 4. The van der Waals surface area contributed by atoms with Crippen LogP contribution in [0.4, 0.5) is 10.5 Å². The summed E-state index contributed by atoms with van der Waals surface area (Å²) in [6.45, 7) is 1.95. The van der Waals surface area contributed by atoms with Crippen LogP contribution in [-0.4, -0.2) is 65.2 Å². The number of anilines is 1. The molecule has 17 heteroatoms. The number of amides is 3. The Bertz CT molecular complexity index is 1890. The first kappa shape index (κ1) is 32.7. The number of methoxy groups -OCH3 is 1. The van der Waals surface area contributed by atoms with Crippen molar-refractivity contribution >= 4 is 52.9 Å². The lowest BCUT2D eigenvalue weighted by Gasteiger charge is -2.16. The van der Waals surface area contributed by atoms with E-state index in [4.69, 9.17) is 23.2 Å². The van der Waals surface area contributed by atoms with Crippen LogP contribution in [0.1, 0.15) is 35.2 Å². The maximum Gasteiger partial charge on any atom is 0.411 e. The topological polar surface area (TPSA) is 195 Å². The highest BCUT2D eigenvalue weighted by atomic mass is 35.5. The lowest BCUT2D eigenvalue weighted by atomic mass is 10.1. The Morgan fingerprint density at radius 3 is 2.60 bits per heavy atom. The number of ether oxygens (including phenoxy) is 1. The van der Waals surface area contributed by atoms with Gasteiger partial charge >= 0.3 is 6.09 Å². The predicted molar refractivity (Wildman–Crippen MR) is 172 cm³/mol. The van der Waals surface area contributed by atoms with Crippen molar-refractivity contribution in [1.29, 1.82) is 0 Å². The van der Waals surface area contributed by atoms with Gasteiger partial charge in [-0.25, -0.2) is 9.78 Å². The normalized spacial score (nSPS) is 11.7. The molecule has 3 heterocycles. The highest BCUT2D eigenvalue weighted by Crippen LogP contribution is 2.29. The second-order valence-electron chi connectivity index (χ2n) is 9.96. The minimum Gasteiger partial charge on any atom is -0.453 e. The molecule has 0 unspecified atom stereocenters. The highest BCUT2D eigenvalue weighted by molar-refractivity contribution is 6.32.